The maximum atomic E-state index is 12.9. The molecule has 0 aliphatic heterocycles. The number of benzene rings is 2. The highest BCUT2D eigenvalue weighted by atomic mass is 32.2. The lowest BCUT2D eigenvalue weighted by atomic mass is 10.1. The minimum atomic E-state index is -3.72. The molecule has 1 amide bonds. The second kappa shape index (κ2) is 8.65. The fraction of sp³-hybridized carbons (Fsp3) is 0.333. The van der Waals surface area contributed by atoms with Gasteiger partial charge in [-0.3, -0.25) is 9.10 Å². The molecular weight excluding hydrogens is 392 g/mol. The topological polar surface area (TPSA) is 92.8 Å². The Morgan fingerprint density at radius 1 is 1.07 bits per heavy atom. The molecule has 0 unspecified atom stereocenters. The van der Waals surface area contributed by atoms with E-state index in [0.29, 0.717) is 22.5 Å². The predicted octanol–water partition coefficient (Wildman–Crippen LogP) is 3.19. The van der Waals surface area contributed by atoms with Crippen molar-refractivity contribution >= 4 is 33.3 Å². The summed E-state index contributed by atoms with van der Waals surface area (Å²) >= 11 is 0. The summed E-state index contributed by atoms with van der Waals surface area (Å²) in [6, 6.07) is 9.09. The highest BCUT2D eigenvalue weighted by molar-refractivity contribution is 7.92. The molecule has 2 rings (SSSR count). The molecule has 0 fully saturated rings. The van der Waals surface area contributed by atoms with Gasteiger partial charge in [-0.05, 0) is 68.7 Å². The summed E-state index contributed by atoms with van der Waals surface area (Å²) < 4.78 is 30.8. The molecule has 0 spiro atoms. The predicted molar refractivity (Wildman–Crippen MR) is 114 cm³/mol. The zero-order valence-electron chi connectivity index (χ0n) is 17.4. The van der Waals surface area contributed by atoms with Gasteiger partial charge in [0.1, 0.15) is 6.04 Å². The summed E-state index contributed by atoms with van der Waals surface area (Å²) in [7, 11) is -2.44. The second-order valence-electron chi connectivity index (χ2n) is 6.96. The van der Waals surface area contributed by atoms with E-state index in [4.69, 9.17) is 4.74 Å². The molecule has 1 N–H and O–H groups in total. The smallest absolute Gasteiger partial charge is 0.338 e. The number of carbonyl (C=O) groups is 2. The summed E-state index contributed by atoms with van der Waals surface area (Å²) in [6.45, 7) is 7.01. The minimum Gasteiger partial charge on any atom is -0.465 e. The number of amides is 1. The summed E-state index contributed by atoms with van der Waals surface area (Å²) in [5.74, 6) is -1.03. The number of hydrogen-bond acceptors (Lipinski definition) is 5. The van der Waals surface area contributed by atoms with E-state index >= 15 is 0 Å². The number of rotatable bonds is 6. The second-order valence-corrected chi connectivity index (χ2v) is 8.82. The van der Waals surface area contributed by atoms with Crippen LogP contribution in [0, 0.1) is 20.8 Å². The van der Waals surface area contributed by atoms with Crippen molar-refractivity contribution in [3.8, 4) is 0 Å². The van der Waals surface area contributed by atoms with Gasteiger partial charge in [0.05, 0.1) is 24.6 Å². The average Bonchev–Trinajstić information content (AvgIpc) is 2.64. The molecule has 0 aliphatic rings. The quantitative estimate of drug-likeness (QED) is 0.727. The summed E-state index contributed by atoms with van der Waals surface area (Å²) in [4.78, 5) is 24.8. The lowest BCUT2D eigenvalue weighted by Crippen LogP contribution is -2.45. The van der Waals surface area contributed by atoms with Crippen LogP contribution in [0.1, 0.15) is 34.0 Å². The van der Waals surface area contributed by atoms with Crippen LogP contribution < -0.4 is 9.62 Å². The number of hydrogen-bond donors (Lipinski definition) is 1. The number of aryl methyl sites for hydroxylation is 2. The monoisotopic (exact) mass is 418 g/mol. The van der Waals surface area contributed by atoms with Gasteiger partial charge in [-0.25, -0.2) is 13.2 Å². The minimum absolute atomic E-state index is 0.326. The number of anilines is 2. The van der Waals surface area contributed by atoms with Crippen molar-refractivity contribution < 1.29 is 22.7 Å². The van der Waals surface area contributed by atoms with Crippen molar-refractivity contribution in [1.82, 2.24) is 0 Å². The highest BCUT2D eigenvalue weighted by Crippen LogP contribution is 2.25. The largest absolute Gasteiger partial charge is 0.465 e. The zero-order valence-corrected chi connectivity index (χ0v) is 18.3. The van der Waals surface area contributed by atoms with Gasteiger partial charge in [0.15, 0.2) is 0 Å². The molecule has 0 saturated carbocycles. The Hall–Kier alpha value is -2.87. The van der Waals surface area contributed by atoms with E-state index in [0.717, 1.165) is 21.7 Å². The number of esters is 1. The van der Waals surface area contributed by atoms with Crippen molar-refractivity contribution in [3.05, 3.63) is 58.7 Å². The highest BCUT2D eigenvalue weighted by Gasteiger charge is 2.29. The average molecular weight is 419 g/mol. The van der Waals surface area contributed by atoms with Crippen molar-refractivity contribution in [2.45, 2.75) is 33.7 Å². The molecule has 2 aromatic rings. The first-order valence-corrected chi connectivity index (χ1v) is 10.9. The van der Waals surface area contributed by atoms with Gasteiger partial charge in [0, 0.05) is 5.69 Å². The summed E-state index contributed by atoms with van der Waals surface area (Å²) in [5, 5.41) is 2.72. The Morgan fingerprint density at radius 2 is 1.72 bits per heavy atom. The lowest BCUT2D eigenvalue weighted by molar-refractivity contribution is -0.116. The molecule has 0 aromatic heterocycles. The maximum absolute atomic E-state index is 12.9. The first-order valence-electron chi connectivity index (χ1n) is 9.02. The Bertz CT molecular complexity index is 1050. The molecule has 0 radical (unpaired) electrons. The van der Waals surface area contributed by atoms with Crippen molar-refractivity contribution in [1.29, 1.82) is 0 Å². The Labute approximate surface area is 171 Å². The zero-order chi connectivity index (χ0) is 21.9. The number of nitrogens with one attached hydrogen (secondary N) is 1. The van der Waals surface area contributed by atoms with E-state index < -0.39 is 27.9 Å². The number of sulfonamides is 1. The van der Waals surface area contributed by atoms with E-state index in [1.54, 1.807) is 37.3 Å². The van der Waals surface area contributed by atoms with Crippen LogP contribution >= 0.6 is 0 Å². The molecular formula is C21H26N2O5S. The molecule has 29 heavy (non-hydrogen) atoms. The fourth-order valence-corrected chi connectivity index (χ4v) is 4.18. The van der Waals surface area contributed by atoms with Crippen molar-refractivity contribution in [2.75, 3.05) is 23.0 Å². The number of methoxy groups -OCH3 is 1. The summed E-state index contributed by atoms with van der Waals surface area (Å²) in [6.07, 6.45) is 1.06. The van der Waals surface area contributed by atoms with Crippen LogP contribution in [0.2, 0.25) is 0 Å². The van der Waals surface area contributed by atoms with Gasteiger partial charge in [-0.1, -0.05) is 12.1 Å². The van der Waals surface area contributed by atoms with Crippen LogP contribution in [-0.2, 0) is 19.6 Å². The summed E-state index contributed by atoms with van der Waals surface area (Å²) in [5.41, 5.74) is 3.64. The van der Waals surface area contributed by atoms with Crippen LogP contribution in [0.25, 0.3) is 0 Å². The lowest BCUT2D eigenvalue weighted by Gasteiger charge is -2.29. The van der Waals surface area contributed by atoms with Gasteiger partial charge in [-0.2, -0.15) is 0 Å². The van der Waals surface area contributed by atoms with E-state index in [1.165, 1.54) is 14.0 Å². The normalized spacial score (nSPS) is 12.2. The van der Waals surface area contributed by atoms with E-state index in [-0.39, 0.29) is 0 Å². The Kier molecular flexibility index (Phi) is 6.69. The molecule has 0 heterocycles. The molecule has 8 heteroatoms. The molecule has 0 saturated heterocycles. The van der Waals surface area contributed by atoms with Crippen LogP contribution in [-0.4, -0.2) is 39.7 Å². The van der Waals surface area contributed by atoms with Crippen LogP contribution in [0.3, 0.4) is 0 Å². The van der Waals surface area contributed by atoms with Crippen LogP contribution in [0.5, 0.6) is 0 Å². The maximum Gasteiger partial charge on any atom is 0.338 e. The standard InChI is InChI=1S/C21H26N2O5S/c1-13-10-11-17(12-14(13)2)23(29(6,26)27)16(4)20(24)22-19-9-7-8-18(15(19)3)21(25)28-5/h7-12,16H,1-6H3,(H,22,24)/t16-/m1/s1. The number of carbonyl (C=O) groups excluding carboxylic acids is 2. The van der Waals surface area contributed by atoms with Crippen molar-refractivity contribution in [3.63, 3.8) is 0 Å². The molecule has 7 nitrogen and oxygen atoms in total. The molecule has 0 bridgehead atoms. The third-order valence-electron chi connectivity index (χ3n) is 4.83. The fourth-order valence-electron chi connectivity index (χ4n) is 3.01. The molecule has 2 aromatic carbocycles. The van der Waals surface area contributed by atoms with Gasteiger partial charge in [0.2, 0.25) is 15.9 Å². The van der Waals surface area contributed by atoms with Gasteiger partial charge in [0.25, 0.3) is 0 Å². The first-order chi connectivity index (χ1) is 13.5. The Balaban J connectivity index is 2.38. The SMILES string of the molecule is COC(=O)c1cccc(NC(=O)[C@@H](C)N(c2ccc(C)c(C)c2)S(C)(=O)=O)c1C. The van der Waals surface area contributed by atoms with Gasteiger partial charge >= 0.3 is 5.97 Å². The molecule has 0 aliphatic carbocycles. The molecule has 1 atom stereocenters. The van der Waals surface area contributed by atoms with Gasteiger partial charge < -0.3 is 10.1 Å². The third kappa shape index (κ3) is 4.95. The van der Waals surface area contributed by atoms with E-state index in [1.807, 2.05) is 19.9 Å². The van der Waals surface area contributed by atoms with Crippen molar-refractivity contribution in [2.24, 2.45) is 0 Å². The Morgan fingerprint density at radius 3 is 2.28 bits per heavy atom. The van der Waals surface area contributed by atoms with Gasteiger partial charge in [-0.15, -0.1) is 0 Å². The van der Waals surface area contributed by atoms with E-state index in [9.17, 15) is 18.0 Å². The molecule has 156 valence electrons. The number of ether oxygens (including phenoxy) is 1. The van der Waals surface area contributed by atoms with Crippen LogP contribution in [0.15, 0.2) is 36.4 Å². The van der Waals surface area contributed by atoms with Crippen LogP contribution in [0.4, 0.5) is 11.4 Å². The van der Waals surface area contributed by atoms with E-state index in [2.05, 4.69) is 5.32 Å². The first kappa shape index (κ1) is 22.4. The number of nitrogens with zero attached hydrogens (tertiary/aromatic N) is 1. The third-order valence-corrected chi connectivity index (χ3v) is 6.07.